The minimum Gasteiger partial charge on any atom is -0.507 e. The van der Waals surface area contributed by atoms with Gasteiger partial charge in [0.05, 0.1) is 0 Å². The predicted molar refractivity (Wildman–Crippen MR) is 82.5 cm³/mol. The maximum atomic E-state index is 10.4. The Morgan fingerprint density at radius 1 is 0.789 bits per heavy atom. The first-order chi connectivity index (χ1) is 8.82. The van der Waals surface area contributed by atoms with Gasteiger partial charge in [-0.1, -0.05) is 23.2 Å². The molecule has 0 saturated heterocycles. The van der Waals surface area contributed by atoms with Crippen molar-refractivity contribution in [3.8, 4) is 16.9 Å². The zero-order valence-corrected chi connectivity index (χ0v) is 12.9. The van der Waals surface area contributed by atoms with Gasteiger partial charge in [-0.3, -0.25) is 0 Å². The van der Waals surface area contributed by atoms with Crippen LogP contribution in [0, 0.1) is 27.7 Å². The molecule has 19 heavy (non-hydrogen) atoms. The number of phenols is 1. The lowest BCUT2D eigenvalue weighted by Crippen LogP contribution is -1.92. The van der Waals surface area contributed by atoms with Crippen molar-refractivity contribution in [1.29, 1.82) is 0 Å². The van der Waals surface area contributed by atoms with Crippen molar-refractivity contribution in [2.75, 3.05) is 0 Å². The SMILES string of the molecule is Cc1cc(-c2c(C)cc(Cl)c(C)c2O)c(C)cc1Cl. The van der Waals surface area contributed by atoms with Crippen LogP contribution in [0.25, 0.3) is 11.1 Å². The molecule has 0 aliphatic rings. The molecular formula is C16H16Cl2O. The van der Waals surface area contributed by atoms with Crippen molar-refractivity contribution < 1.29 is 5.11 Å². The molecule has 0 atom stereocenters. The van der Waals surface area contributed by atoms with Gasteiger partial charge >= 0.3 is 0 Å². The maximum absolute atomic E-state index is 10.4. The van der Waals surface area contributed by atoms with Crippen LogP contribution in [0.3, 0.4) is 0 Å². The molecular weight excluding hydrogens is 279 g/mol. The highest BCUT2D eigenvalue weighted by Crippen LogP contribution is 2.41. The van der Waals surface area contributed by atoms with Gasteiger partial charge in [0.25, 0.3) is 0 Å². The van der Waals surface area contributed by atoms with Crippen molar-refractivity contribution >= 4 is 23.2 Å². The molecule has 0 aliphatic heterocycles. The molecule has 0 unspecified atom stereocenters. The Morgan fingerprint density at radius 2 is 1.37 bits per heavy atom. The molecule has 0 aromatic heterocycles. The van der Waals surface area contributed by atoms with E-state index in [9.17, 15) is 5.11 Å². The van der Waals surface area contributed by atoms with E-state index >= 15 is 0 Å². The molecule has 0 radical (unpaired) electrons. The van der Waals surface area contributed by atoms with Crippen molar-refractivity contribution in [2.24, 2.45) is 0 Å². The van der Waals surface area contributed by atoms with Gasteiger partial charge in [0, 0.05) is 21.2 Å². The van der Waals surface area contributed by atoms with Gasteiger partial charge in [0.15, 0.2) is 0 Å². The summed E-state index contributed by atoms with van der Waals surface area (Å²) in [4.78, 5) is 0. The molecule has 3 heteroatoms. The van der Waals surface area contributed by atoms with Crippen LogP contribution in [0.2, 0.25) is 10.0 Å². The average Bonchev–Trinajstić information content (AvgIpc) is 2.33. The van der Waals surface area contributed by atoms with E-state index < -0.39 is 0 Å². The van der Waals surface area contributed by atoms with Crippen LogP contribution < -0.4 is 0 Å². The summed E-state index contributed by atoms with van der Waals surface area (Å²) in [5, 5.41) is 11.7. The molecule has 100 valence electrons. The molecule has 0 bridgehead atoms. The van der Waals surface area contributed by atoms with E-state index in [2.05, 4.69) is 0 Å². The van der Waals surface area contributed by atoms with E-state index in [1.807, 2.05) is 45.9 Å². The summed E-state index contributed by atoms with van der Waals surface area (Å²) in [7, 11) is 0. The normalized spacial score (nSPS) is 10.8. The third-order valence-electron chi connectivity index (χ3n) is 3.46. The standard InChI is InChI=1S/C16H16Cl2O/c1-8-6-13(17)9(2)5-12(8)15-10(3)7-14(18)11(4)16(15)19/h5-7,19H,1-4H3. The number of benzene rings is 2. The molecule has 0 saturated carbocycles. The molecule has 0 spiro atoms. The Labute approximate surface area is 123 Å². The van der Waals surface area contributed by atoms with Crippen LogP contribution in [-0.2, 0) is 0 Å². The molecule has 1 N–H and O–H groups in total. The molecule has 2 rings (SSSR count). The van der Waals surface area contributed by atoms with Gasteiger partial charge in [-0.05, 0) is 68.1 Å². The van der Waals surface area contributed by atoms with Gasteiger partial charge in [-0.25, -0.2) is 0 Å². The molecule has 0 heterocycles. The minimum atomic E-state index is 0.245. The summed E-state index contributed by atoms with van der Waals surface area (Å²) < 4.78 is 0. The number of halogens is 2. The minimum absolute atomic E-state index is 0.245. The molecule has 0 aliphatic carbocycles. The summed E-state index contributed by atoms with van der Waals surface area (Å²) in [5.74, 6) is 0.245. The van der Waals surface area contributed by atoms with E-state index in [0.29, 0.717) is 10.6 Å². The maximum Gasteiger partial charge on any atom is 0.128 e. The number of phenolic OH excluding ortho intramolecular Hbond substituents is 1. The van der Waals surface area contributed by atoms with E-state index in [1.54, 1.807) is 0 Å². The Bertz CT molecular complexity index is 661. The fraction of sp³-hybridized carbons (Fsp3) is 0.250. The second kappa shape index (κ2) is 5.07. The van der Waals surface area contributed by atoms with Gasteiger partial charge in [-0.15, -0.1) is 0 Å². The Morgan fingerprint density at radius 3 is 2.00 bits per heavy atom. The number of hydrogen-bond donors (Lipinski definition) is 1. The number of hydrogen-bond acceptors (Lipinski definition) is 1. The largest absolute Gasteiger partial charge is 0.507 e. The zero-order valence-electron chi connectivity index (χ0n) is 11.4. The molecule has 1 nitrogen and oxygen atoms in total. The van der Waals surface area contributed by atoms with Crippen molar-refractivity contribution in [2.45, 2.75) is 27.7 Å². The lowest BCUT2D eigenvalue weighted by molar-refractivity contribution is 0.473. The quantitative estimate of drug-likeness (QED) is 0.726. The highest BCUT2D eigenvalue weighted by Gasteiger charge is 2.16. The third kappa shape index (κ3) is 2.45. The van der Waals surface area contributed by atoms with Crippen LogP contribution in [-0.4, -0.2) is 5.11 Å². The summed E-state index contributed by atoms with van der Waals surface area (Å²) in [6.07, 6.45) is 0. The second-order valence-electron chi connectivity index (χ2n) is 4.94. The summed E-state index contributed by atoms with van der Waals surface area (Å²) >= 11 is 12.2. The third-order valence-corrected chi connectivity index (χ3v) is 4.26. The predicted octanol–water partition coefficient (Wildman–Crippen LogP) is 5.60. The smallest absolute Gasteiger partial charge is 0.128 e. The van der Waals surface area contributed by atoms with Crippen molar-refractivity contribution in [3.63, 3.8) is 0 Å². The topological polar surface area (TPSA) is 20.2 Å². The van der Waals surface area contributed by atoms with Crippen LogP contribution >= 0.6 is 23.2 Å². The zero-order chi connectivity index (χ0) is 14.3. The lowest BCUT2D eigenvalue weighted by atomic mass is 9.92. The van der Waals surface area contributed by atoms with Crippen LogP contribution in [0.4, 0.5) is 0 Å². The Hall–Kier alpha value is -1.18. The summed E-state index contributed by atoms with van der Waals surface area (Å²) in [5.41, 5.74) is 5.52. The van der Waals surface area contributed by atoms with Crippen molar-refractivity contribution in [3.05, 3.63) is 50.5 Å². The Kier molecular flexibility index (Phi) is 3.80. The highest BCUT2D eigenvalue weighted by molar-refractivity contribution is 6.32. The van der Waals surface area contributed by atoms with Gasteiger partial charge in [0.2, 0.25) is 0 Å². The van der Waals surface area contributed by atoms with Gasteiger partial charge < -0.3 is 5.11 Å². The van der Waals surface area contributed by atoms with E-state index in [-0.39, 0.29) is 5.75 Å². The van der Waals surface area contributed by atoms with Crippen LogP contribution in [0.1, 0.15) is 22.3 Å². The second-order valence-corrected chi connectivity index (χ2v) is 5.75. The molecule has 2 aromatic carbocycles. The highest BCUT2D eigenvalue weighted by atomic mass is 35.5. The number of aryl methyl sites for hydroxylation is 3. The molecule has 0 amide bonds. The van der Waals surface area contributed by atoms with Gasteiger partial charge in [0.1, 0.15) is 5.75 Å². The summed E-state index contributed by atoms with van der Waals surface area (Å²) in [6.45, 7) is 7.71. The average molecular weight is 295 g/mol. The van der Waals surface area contributed by atoms with Crippen LogP contribution in [0.5, 0.6) is 5.75 Å². The van der Waals surface area contributed by atoms with E-state index in [4.69, 9.17) is 23.2 Å². The first-order valence-electron chi connectivity index (χ1n) is 6.08. The first-order valence-corrected chi connectivity index (χ1v) is 6.84. The number of rotatable bonds is 1. The molecule has 2 aromatic rings. The first kappa shape index (κ1) is 14.2. The molecule has 0 fully saturated rings. The van der Waals surface area contributed by atoms with Crippen molar-refractivity contribution in [1.82, 2.24) is 0 Å². The van der Waals surface area contributed by atoms with Crippen LogP contribution in [0.15, 0.2) is 18.2 Å². The van der Waals surface area contributed by atoms with Gasteiger partial charge in [-0.2, -0.15) is 0 Å². The Balaban J connectivity index is 2.80. The lowest BCUT2D eigenvalue weighted by Gasteiger charge is -2.16. The van der Waals surface area contributed by atoms with E-state index in [1.165, 1.54) is 0 Å². The fourth-order valence-corrected chi connectivity index (χ4v) is 2.72. The van der Waals surface area contributed by atoms with E-state index in [0.717, 1.165) is 32.8 Å². The monoisotopic (exact) mass is 294 g/mol. The summed E-state index contributed by atoms with van der Waals surface area (Å²) in [6, 6.07) is 5.82. The fourth-order valence-electron chi connectivity index (χ4n) is 2.25. The number of aromatic hydroxyl groups is 1.